The molecular formula is C15H32N2. The Labute approximate surface area is 108 Å². The lowest BCUT2D eigenvalue weighted by Gasteiger charge is -2.06. The van der Waals surface area contributed by atoms with Gasteiger partial charge in [0, 0.05) is 6.04 Å². The molecule has 0 atom stereocenters. The zero-order valence-electron chi connectivity index (χ0n) is 11.9. The highest BCUT2D eigenvalue weighted by molar-refractivity contribution is 4.80. The Morgan fingerprint density at radius 1 is 0.882 bits per heavy atom. The summed E-state index contributed by atoms with van der Waals surface area (Å²) >= 11 is 0. The van der Waals surface area contributed by atoms with Crippen LogP contribution in [0.15, 0.2) is 0 Å². The van der Waals surface area contributed by atoms with Crippen LogP contribution in [0.25, 0.3) is 0 Å². The van der Waals surface area contributed by atoms with Crippen molar-refractivity contribution >= 4 is 0 Å². The van der Waals surface area contributed by atoms with Gasteiger partial charge < -0.3 is 10.6 Å². The zero-order valence-corrected chi connectivity index (χ0v) is 11.9. The van der Waals surface area contributed by atoms with Gasteiger partial charge in [0.25, 0.3) is 0 Å². The molecule has 102 valence electrons. The highest BCUT2D eigenvalue weighted by Gasteiger charge is 2.19. The van der Waals surface area contributed by atoms with E-state index in [1.807, 2.05) is 0 Å². The summed E-state index contributed by atoms with van der Waals surface area (Å²) in [5, 5.41) is 7.09. The molecule has 17 heavy (non-hydrogen) atoms. The first-order valence-electron chi connectivity index (χ1n) is 7.73. The molecule has 0 spiro atoms. The molecule has 0 radical (unpaired) electrons. The Morgan fingerprint density at radius 3 is 2.29 bits per heavy atom. The fourth-order valence-corrected chi connectivity index (χ4v) is 2.09. The molecule has 0 saturated heterocycles. The molecule has 0 aromatic carbocycles. The third kappa shape index (κ3) is 10.8. The predicted octanol–water partition coefficient (Wildman–Crippen LogP) is 3.32. The van der Waals surface area contributed by atoms with E-state index in [2.05, 4.69) is 24.5 Å². The van der Waals surface area contributed by atoms with Gasteiger partial charge in [-0.2, -0.15) is 0 Å². The monoisotopic (exact) mass is 240 g/mol. The molecule has 2 heteroatoms. The number of unbranched alkanes of at least 4 members (excludes halogenated alkanes) is 3. The number of hydrogen-bond acceptors (Lipinski definition) is 2. The molecule has 2 nitrogen and oxygen atoms in total. The molecule has 0 aromatic rings. The Kier molecular flexibility index (Phi) is 8.72. The smallest absolute Gasteiger partial charge is 0.00682 e. The second kappa shape index (κ2) is 9.90. The molecule has 0 amide bonds. The SMILES string of the molecule is CC(C)CCCCCCNCCCNC1CC1. The predicted molar refractivity (Wildman–Crippen MR) is 76.4 cm³/mol. The van der Waals surface area contributed by atoms with Crippen molar-refractivity contribution in [3.63, 3.8) is 0 Å². The standard InChI is InChI=1S/C15H32N2/c1-14(2)8-5-3-4-6-11-16-12-7-13-17-15-9-10-15/h14-17H,3-13H2,1-2H3. The van der Waals surface area contributed by atoms with Crippen LogP contribution >= 0.6 is 0 Å². The van der Waals surface area contributed by atoms with Gasteiger partial charge in [-0.15, -0.1) is 0 Å². The summed E-state index contributed by atoms with van der Waals surface area (Å²) in [6, 6.07) is 0.871. The number of rotatable bonds is 12. The molecule has 1 rings (SSSR count). The lowest BCUT2D eigenvalue weighted by molar-refractivity contribution is 0.509. The van der Waals surface area contributed by atoms with Crippen molar-refractivity contribution in [1.29, 1.82) is 0 Å². The normalized spacial score (nSPS) is 15.7. The molecule has 0 aliphatic heterocycles. The average molecular weight is 240 g/mol. The maximum absolute atomic E-state index is 3.55. The van der Waals surface area contributed by atoms with E-state index in [-0.39, 0.29) is 0 Å². The number of nitrogens with one attached hydrogen (secondary N) is 2. The van der Waals surface area contributed by atoms with Crippen molar-refractivity contribution in [3.05, 3.63) is 0 Å². The van der Waals surface area contributed by atoms with Crippen LogP contribution in [0.5, 0.6) is 0 Å². The molecule has 0 unspecified atom stereocenters. The van der Waals surface area contributed by atoms with Crippen LogP contribution in [0.2, 0.25) is 0 Å². The van der Waals surface area contributed by atoms with Gasteiger partial charge in [-0.25, -0.2) is 0 Å². The lowest BCUT2D eigenvalue weighted by atomic mass is 10.0. The van der Waals surface area contributed by atoms with Gasteiger partial charge in [-0.3, -0.25) is 0 Å². The Balaban J connectivity index is 1.63. The van der Waals surface area contributed by atoms with Crippen molar-refractivity contribution in [2.24, 2.45) is 5.92 Å². The summed E-state index contributed by atoms with van der Waals surface area (Å²) in [4.78, 5) is 0. The van der Waals surface area contributed by atoms with E-state index in [9.17, 15) is 0 Å². The quantitative estimate of drug-likeness (QED) is 0.511. The van der Waals surface area contributed by atoms with E-state index >= 15 is 0 Å². The Hall–Kier alpha value is -0.0800. The fraction of sp³-hybridized carbons (Fsp3) is 1.00. The summed E-state index contributed by atoms with van der Waals surface area (Å²) in [7, 11) is 0. The van der Waals surface area contributed by atoms with Gasteiger partial charge >= 0.3 is 0 Å². The van der Waals surface area contributed by atoms with Crippen LogP contribution < -0.4 is 10.6 Å². The van der Waals surface area contributed by atoms with E-state index in [1.54, 1.807) is 0 Å². The third-order valence-electron chi connectivity index (χ3n) is 3.43. The summed E-state index contributed by atoms with van der Waals surface area (Å²) in [6.45, 7) is 8.23. The van der Waals surface area contributed by atoms with Crippen molar-refractivity contribution in [3.8, 4) is 0 Å². The van der Waals surface area contributed by atoms with Gasteiger partial charge in [0.2, 0.25) is 0 Å². The molecule has 1 aliphatic rings. The largest absolute Gasteiger partial charge is 0.317 e. The summed E-state index contributed by atoms with van der Waals surface area (Å²) in [6.07, 6.45) is 11.1. The van der Waals surface area contributed by atoms with E-state index in [0.717, 1.165) is 12.0 Å². The van der Waals surface area contributed by atoms with Gasteiger partial charge in [0.1, 0.15) is 0 Å². The highest BCUT2D eigenvalue weighted by Crippen LogP contribution is 2.18. The van der Waals surface area contributed by atoms with Gasteiger partial charge in [0.05, 0.1) is 0 Å². The van der Waals surface area contributed by atoms with Crippen LogP contribution in [-0.2, 0) is 0 Å². The minimum absolute atomic E-state index is 0.871. The van der Waals surface area contributed by atoms with Crippen LogP contribution in [0.1, 0.15) is 65.2 Å². The third-order valence-corrected chi connectivity index (χ3v) is 3.43. The summed E-state index contributed by atoms with van der Waals surface area (Å²) in [5.74, 6) is 0.882. The summed E-state index contributed by atoms with van der Waals surface area (Å²) in [5.41, 5.74) is 0. The van der Waals surface area contributed by atoms with Crippen LogP contribution in [0, 0.1) is 5.92 Å². The topological polar surface area (TPSA) is 24.1 Å². The molecule has 1 fully saturated rings. The maximum atomic E-state index is 3.55. The second-order valence-electron chi connectivity index (χ2n) is 5.93. The van der Waals surface area contributed by atoms with E-state index < -0.39 is 0 Å². The second-order valence-corrected chi connectivity index (χ2v) is 5.93. The van der Waals surface area contributed by atoms with Gasteiger partial charge in [-0.1, -0.05) is 39.5 Å². The first kappa shape index (κ1) is 15.0. The summed E-state index contributed by atoms with van der Waals surface area (Å²) < 4.78 is 0. The van der Waals surface area contributed by atoms with E-state index in [4.69, 9.17) is 0 Å². The Bertz CT molecular complexity index is 154. The maximum Gasteiger partial charge on any atom is 0.00682 e. The molecule has 1 saturated carbocycles. The molecule has 0 heterocycles. The highest BCUT2D eigenvalue weighted by atomic mass is 14.9. The van der Waals surface area contributed by atoms with Crippen LogP contribution in [-0.4, -0.2) is 25.7 Å². The van der Waals surface area contributed by atoms with Gasteiger partial charge in [-0.05, 0) is 51.2 Å². The van der Waals surface area contributed by atoms with Crippen molar-refractivity contribution in [1.82, 2.24) is 10.6 Å². The first-order valence-corrected chi connectivity index (χ1v) is 7.73. The minimum Gasteiger partial charge on any atom is -0.317 e. The van der Waals surface area contributed by atoms with Crippen molar-refractivity contribution in [2.75, 3.05) is 19.6 Å². The van der Waals surface area contributed by atoms with Crippen LogP contribution in [0.3, 0.4) is 0 Å². The van der Waals surface area contributed by atoms with Crippen molar-refractivity contribution < 1.29 is 0 Å². The Morgan fingerprint density at radius 2 is 1.59 bits per heavy atom. The molecule has 0 bridgehead atoms. The average Bonchev–Trinajstić information content (AvgIpc) is 3.09. The fourth-order valence-electron chi connectivity index (χ4n) is 2.09. The van der Waals surface area contributed by atoms with E-state index in [1.165, 1.54) is 71.0 Å². The first-order chi connectivity index (χ1) is 8.29. The minimum atomic E-state index is 0.871. The lowest BCUT2D eigenvalue weighted by Crippen LogP contribution is -2.23. The van der Waals surface area contributed by atoms with Crippen LogP contribution in [0.4, 0.5) is 0 Å². The van der Waals surface area contributed by atoms with Gasteiger partial charge in [0.15, 0.2) is 0 Å². The number of hydrogen-bond donors (Lipinski definition) is 2. The van der Waals surface area contributed by atoms with E-state index in [0.29, 0.717) is 0 Å². The molecule has 0 aromatic heterocycles. The van der Waals surface area contributed by atoms with Crippen molar-refractivity contribution in [2.45, 2.75) is 71.3 Å². The zero-order chi connectivity index (χ0) is 12.3. The molecule has 2 N–H and O–H groups in total. The molecular weight excluding hydrogens is 208 g/mol. The molecule has 1 aliphatic carbocycles.